The summed E-state index contributed by atoms with van der Waals surface area (Å²) in [6.45, 7) is 21.6. The van der Waals surface area contributed by atoms with Crippen molar-refractivity contribution in [2.45, 2.75) is 90.6 Å². The van der Waals surface area contributed by atoms with Gasteiger partial charge in [-0.3, -0.25) is 0 Å². The minimum absolute atomic E-state index is 0.0155. The van der Waals surface area contributed by atoms with Gasteiger partial charge in [0.25, 0.3) is 8.32 Å². The highest BCUT2D eigenvalue weighted by Crippen LogP contribution is 2.38. The van der Waals surface area contributed by atoms with E-state index in [2.05, 4.69) is 122 Å². The van der Waals surface area contributed by atoms with E-state index in [1.807, 2.05) is 0 Å². The lowest BCUT2D eigenvalue weighted by atomic mass is 10.2. The Morgan fingerprint density at radius 2 is 1.19 bits per heavy atom. The van der Waals surface area contributed by atoms with E-state index in [-0.39, 0.29) is 16.2 Å². The molecule has 4 heteroatoms. The van der Waals surface area contributed by atoms with E-state index in [4.69, 9.17) is 8.85 Å². The predicted molar refractivity (Wildman–Crippen MR) is 141 cm³/mol. The summed E-state index contributed by atoms with van der Waals surface area (Å²) < 4.78 is 13.6. The van der Waals surface area contributed by atoms with Crippen molar-refractivity contribution in [2.24, 2.45) is 0 Å². The van der Waals surface area contributed by atoms with Crippen molar-refractivity contribution in [1.82, 2.24) is 0 Å². The fraction of sp³-hybridized carbons (Fsp3) is 0.556. The normalized spacial score (nSPS) is 14.5. The van der Waals surface area contributed by atoms with E-state index in [0.29, 0.717) is 0 Å². The molecular formula is C27H44O2Si2. The largest absolute Gasteiger partial charge is 0.417 e. The van der Waals surface area contributed by atoms with Gasteiger partial charge >= 0.3 is 0 Å². The number of benzene rings is 2. The van der Waals surface area contributed by atoms with Gasteiger partial charge in [-0.05, 0) is 53.3 Å². The quantitative estimate of drug-likeness (QED) is 0.307. The lowest BCUT2D eigenvalue weighted by Gasteiger charge is -2.44. The second-order valence-electron chi connectivity index (χ2n) is 11.3. The Kier molecular flexibility index (Phi) is 8.54. The Morgan fingerprint density at radius 1 is 0.742 bits per heavy atom. The first-order chi connectivity index (χ1) is 14.3. The van der Waals surface area contributed by atoms with Gasteiger partial charge in [0.05, 0.1) is 0 Å². The van der Waals surface area contributed by atoms with E-state index < -0.39 is 16.6 Å². The lowest BCUT2D eigenvalue weighted by Crippen LogP contribution is -2.67. The molecule has 1 atom stereocenters. The Balaban J connectivity index is 2.23. The van der Waals surface area contributed by atoms with E-state index >= 15 is 0 Å². The van der Waals surface area contributed by atoms with Gasteiger partial charge in [-0.1, -0.05) is 102 Å². The highest BCUT2D eigenvalue weighted by molar-refractivity contribution is 6.99. The van der Waals surface area contributed by atoms with E-state index in [9.17, 15) is 0 Å². The molecule has 0 amide bonds. The molecule has 0 saturated heterocycles. The number of hydrogen-bond donors (Lipinski definition) is 0. The molecule has 1 unspecified atom stereocenters. The topological polar surface area (TPSA) is 18.5 Å². The second-order valence-corrected chi connectivity index (χ2v) is 20.4. The summed E-state index contributed by atoms with van der Waals surface area (Å²) >= 11 is 0. The van der Waals surface area contributed by atoms with Crippen LogP contribution in [0.25, 0.3) is 0 Å². The van der Waals surface area contributed by atoms with Crippen molar-refractivity contribution in [3.05, 3.63) is 60.7 Å². The molecule has 0 aliphatic carbocycles. The molecule has 0 radical (unpaired) electrons. The van der Waals surface area contributed by atoms with Crippen LogP contribution in [-0.2, 0) is 8.85 Å². The molecule has 0 aliphatic rings. The molecule has 0 spiro atoms. The Bertz CT molecular complexity index is 750. The SMILES string of the molecule is CC(CCCO[Si](C)(C)C(C)(C)C)O[Si](c1ccccc1)(c1ccccc1)C(C)(C)C. The minimum atomic E-state index is -2.47. The van der Waals surface area contributed by atoms with Crippen molar-refractivity contribution in [1.29, 1.82) is 0 Å². The van der Waals surface area contributed by atoms with Gasteiger partial charge in [0.1, 0.15) is 0 Å². The molecule has 0 N–H and O–H groups in total. The average molecular weight is 457 g/mol. The molecule has 2 nitrogen and oxygen atoms in total. The maximum atomic E-state index is 7.17. The summed E-state index contributed by atoms with van der Waals surface area (Å²) in [5, 5.41) is 2.96. The third-order valence-corrected chi connectivity index (χ3v) is 16.5. The average Bonchev–Trinajstić information content (AvgIpc) is 2.69. The van der Waals surface area contributed by atoms with Crippen LogP contribution in [0.3, 0.4) is 0 Å². The van der Waals surface area contributed by atoms with E-state index in [0.717, 1.165) is 19.4 Å². The highest BCUT2D eigenvalue weighted by atomic mass is 28.4. The fourth-order valence-corrected chi connectivity index (χ4v) is 9.79. The van der Waals surface area contributed by atoms with Crippen LogP contribution in [-0.4, -0.2) is 29.3 Å². The van der Waals surface area contributed by atoms with Crippen molar-refractivity contribution < 1.29 is 8.85 Å². The zero-order valence-corrected chi connectivity index (χ0v) is 23.3. The standard InChI is InChI=1S/C27H44O2Si2/c1-23(17-16-22-28-30(8,9)26(2,3)4)29-31(27(5,6)7,24-18-12-10-13-19-24)25-20-14-11-15-21-25/h10-15,18-21,23H,16-17,22H2,1-9H3. The van der Waals surface area contributed by atoms with Gasteiger partial charge < -0.3 is 8.85 Å². The van der Waals surface area contributed by atoms with Crippen LogP contribution in [0.2, 0.25) is 23.2 Å². The predicted octanol–water partition coefficient (Wildman–Crippen LogP) is 6.75. The Labute approximate surface area is 193 Å². The Hall–Kier alpha value is -1.21. The number of rotatable bonds is 9. The molecule has 31 heavy (non-hydrogen) atoms. The molecule has 172 valence electrons. The van der Waals surface area contributed by atoms with Crippen molar-refractivity contribution >= 4 is 27.0 Å². The van der Waals surface area contributed by atoms with Crippen molar-refractivity contribution in [3.63, 3.8) is 0 Å². The van der Waals surface area contributed by atoms with Gasteiger partial charge in [-0.15, -0.1) is 0 Å². The zero-order chi connectivity index (χ0) is 23.3. The summed E-state index contributed by atoms with van der Waals surface area (Å²) in [6.07, 6.45) is 2.22. The van der Waals surface area contributed by atoms with Crippen LogP contribution in [0, 0.1) is 0 Å². The van der Waals surface area contributed by atoms with Crippen molar-refractivity contribution in [2.75, 3.05) is 6.61 Å². The fourth-order valence-electron chi connectivity index (χ4n) is 3.97. The third-order valence-electron chi connectivity index (χ3n) is 6.82. The monoisotopic (exact) mass is 456 g/mol. The molecular weight excluding hydrogens is 412 g/mol. The van der Waals surface area contributed by atoms with Gasteiger partial charge in [-0.2, -0.15) is 0 Å². The van der Waals surface area contributed by atoms with Crippen LogP contribution in [0.4, 0.5) is 0 Å². The molecule has 0 bridgehead atoms. The summed E-state index contributed by atoms with van der Waals surface area (Å²) in [7, 11) is -4.16. The maximum Gasteiger partial charge on any atom is 0.261 e. The van der Waals surface area contributed by atoms with Crippen LogP contribution in [0.15, 0.2) is 60.7 Å². The van der Waals surface area contributed by atoms with Gasteiger partial charge in [0.2, 0.25) is 0 Å². The van der Waals surface area contributed by atoms with E-state index in [1.165, 1.54) is 10.4 Å². The van der Waals surface area contributed by atoms with Gasteiger partial charge in [0.15, 0.2) is 8.32 Å². The van der Waals surface area contributed by atoms with Crippen LogP contribution < -0.4 is 10.4 Å². The second kappa shape index (κ2) is 10.2. The third kappa shape index (κ3) is 6.19. The summed E-state index contributed by atoms with van der Waals surface area (Å²) in [4.78, 5) is 0. The minimum Gasteiger partial charge on any atom is -0.417 e. The van der Waals surface area contributed by atoms with Gasteiger partial charge in [-0.25, -0.2) is 0 Å². The molecule has 0 heterocycles. The van der Waals surface area contributed by atoms with Gasteiger partial charge in [0, 0.05) is 12.7 Å². The summed E-state index contributed by atoms with van der Waals surface area (Å²) in [5.74, 6) is 0. The van der Waals surface area contributed by atoms with E-state index in [1.54, 1.807) is 0 Å². The van der Waals surface area contributed by atoms with Crippen LogP contribution in [0.1, 0.15) is 61.3 Å². The molecule has 0 aliphatic heterocycles. The highest BCUT2D eigenvalue weighted by Gasteiger charge is 2.50. The number of hydrogen-bond acceptors (Lipinski definition) is 2. The smallest absolute Gasteiger partial charge is 0.261 e. The first-order valence-corrected chi connectivity index (χ1v) is 16.6. The molecule has 2 aromatic rings. The van der Waals surface area contributed by atoms with Crippen LogP contribution >= 0.6 is 0 Å². The zero-order valence-electron chi connectivity index (χ0n) is 21.3. The maximum absolute atomic E-state index is 7.17. The molecule has 0 aromatic heterocycles. The first kappa shape index (κ1) is 26.0. The molecule has 0 fully saturated rings. The molecule has 0 saturated carbocycles. The molecule has 2 rings (SSSR count). The van der Waals surface area contributed by atoms with Crippen molar-refractivity contribution in [3.8, 4) is 0 Å². The van der Waals surface area contributed by atoms with Crippen LogP contribution in [0.5, 0.6) is 0 Å². The Morgan fingerprint density at radius 3 is 1.58 bits per heavy atom. The molecule has 2 aromatic carbocycles. The first-order valence-electron chi connectivity index (χ1n) is 11.7. The summed E-state index contributed by atoms with van der Waals surface area (Å²) in [6, 6.07) is 21.8. The lowest BCUT2D eigenvalue weighted by molar-refractivity contribution is 0.178. The summed E-state index contributed by atoms with van der Waals surface area (Å²) in [5.41, 5.74) is 0.